The quantitative estimate of drug-likeness (QED) is 0.459. The number of para-hydroxylation sites is 1. The van der Waals surface area contributed by atoms with Gasteiger partial charge >= 0.3 is 0 Å². The summed E-state index contributed by atoms with van der Waals surface area (Å²) < 4.78 is 5.72. The van der Waals surface area contributed by atoms with Crippen molar-refractivity contribution in [3.63, 3.8) is 0 Å². The first kappa shape index (κ1) is 15.5. The summed E-state index contributed by atoms with van der Waals surface area (Å²) in [6.07, 6.45) is 3.03. The molecule has 0 bridgehead atoms. The summed E-state index contributed by atoms with van der Waals surface area (Å²) in [6.45, 7) is 0. The number of carbonyl (C=O) groups excluding carboxylic acids is 1. The van der Waals surface area contributed by atoms with Crippen LogP contribution in [0.3, 0.4) is 0 Å². The van der Waals surface area contributed by atoms with Crippen molar-refractivity contribution < 1.29 is 9.53 Å². The number of benzene rings is 2. The monoisotopic (exact) mass is 313 g/mol. The summed E-state index contributed by atoms with van der Waals surface area (Å²) >= 11 is 4.58. The Bertz CT molecular complexity index is 687. The number of amides is 1. The lowest BCUT2D eigenvalue weighted by atomic mass is 10.2. The Morgan fingerprint density at radius 3 is 2.50 bits per heavy atom. The minimum Gasteiger partial charge on any atom is -0.457 e. The molecule has 0 saturated carbocycles. The standard InChI is InChI=1S/C16H15N3O2S/c17-16(22)19-18-15(20)10-9-12-5-4-8-14(11-12)21-13-6-2-1-3-7-13/h1-11H,(H,18,20)(H3,17,19,22)/b10-9+. The molecule has 2 aromatic rings. The molecule has 2 rings (SSSR count). The number of nitrogens with two attached hydrogens (primary N) is 1. The van der Waals surface area contributed by atoms with Crippen molar-refractivity contribution >= 4 is 29.3 Å². The van der Waals surface area contributed by atoms with E-state index in [1.54, 1.807) is 6.08 Å². The molecular weight excluding hydrogens is 298 g/mol. The highest BCUT2D eigenvalue weighted by Crippen LogP contribution is 2.22. The number of ether oxygens (including phenoxy) is 1. The van der Waals surface area contributed by atoms with Crippen molar-refractivity contribution in [1.29, 1.82) is 0 Å². The molecule has 5 nitrogen and oxygen atoms in total. The van der Waals surface area contributed by atoms with E-state index in [1.165, 1.54) is 6.08 Å². The molecule has 4 N–H and O–H groups in total. The van der Waals surface area contributed by atoms with Crippen molar-refractivity contribution in [3.05, 3.63) is 66.2 Å². The number of carbonyl (C=O) groups is 1. The van der Waals surface area contributed by atoms with Crippen LogP contribution in [0.5, 0.6) is 11.5 Å². The van der Waals surface area contributed by atoms with Crippen LogP contribution in [-0.4, -0.2) is 11.0 Å². The van der Waals surface area contributed by atoms with Crippen LogP contribution in [0.1, 0.15) is 5.56 Å². The Balaban J connectivity index is 1.99. The molecule has 0 radical (unpaired) electrons. The van der Waals surface area contributed by atoms with Gasteiger partial charge in [-0.15, -0.1) is 0 Å². The van der Waals surface area contributed by atoms with Crippen molar-refractivity contribution in [2.45, 2.75) is 0 Å². The fraction of sp³-hybridized carbons (Fsp3) is 0. The first-order chi connectivity index (χ1) is 10.6. The van der Waals surface area contributed by atoms with Gasteiger partial charge in [-0.25, -0.2) is 0 Å². The molecule has 0 aliphatic heterocycles. The Kier molecular flexibility index (Phi) is 5.50. The average Bonchev–Trinajstić information content (AvgIpc) is 2.52. The van der Waals surface area contributed by atoms with Crippen LogP contribution in [0, 0.1) is 0 Å². The van der Waals surface area contributed by atoms with Gasteiger partial charge in [0, 0.05) is 6.08 Å². The van der Waals surface area contributed by atoms with Crippen LogP contribution in [0.2, 0.25) is 0 Å². The van der Waals surface area contributed by atoms with Crippen LogP contribution in [-0.2, 0) is 4.79 Å². The summed E-state index contributed by atoms with van der Waals surface area (Å²) in [5.41, 5.74) is 10.7. The van der Waals surface area contributed by atoms with E-state index in [1.807, 2.05) is 54.6 Å². The van der Waals surface area contributed by atoms with Gasteiger partial charge in [-0.3, -0.25) is 15.6 Å². The summed E-state index contributed by atoms with van der Waals surface area (Å²) in [7, 11) is 0. The molecule has 0 spiro atoms. The zero-order chi connectivity index (χ0) is 15.8. The minimum atomic E-state index is -0.359. The summed E-state index contributed by atoms with van der Waals surface area (Å²) in [6, 6.07) is 16.9. The second kappa shape index (κ2) is 7.80. The highest BCUT2D eigenvalue weighted by molar-refractivity contribution is 7.80. The van der Waals surface area contributed by atoms with Gasteiger partial charge in [-0.1, -0.05) is 30.3 Å². The number of rotatable bonds is 4. The second-order valence-corrected chi connectivity index (χ2v) is 4.74. The largest absolute Gasteiger partial charge is 0.457 e. The molecule has 0 atom stereocenters. The number of thiocarbonyl (C=S) groups is 1. The van der Waals surface area contributed by atoms with Crippen LogP contribution in [0.15, 0.2) is 60.7 Å². The van der Waals surface area contributed by atoms with E-state index in [4.69, 9.17) is 10.5 Å². The third kappa shape index (κ3) is 5.26. The van der Waals surface area contributed by atoms with Crippen molar-refractivity contribution in [1.82, 2.24) is 10.9 Å². The third-order valence-corrected chi connectivity index (χ3v) is 2.68. The Labute approximate surface area is 133 Å². The molecule has 0 heterocycles. The fourth-order valence-corrected chi connectivity index (χ4v) is 1.69. The van der Waals surface area contributed by atoms with Gasteiger partial charge in [0.25, 0.3) is 5.91 Å². The van der Waals surface area contributed by atoms with Gasteiger partial charge in [0.2, 0.25) is 0 Å². The molecule has 112 valence electrons. The number of hydrogen-bond acceptors (Lipinski definition) is 3. The van der Waals surface area contributed by atoms with E-state index in [0.29, 0.717) is 5.75 Å². The molecule has 2 aromatic carbocycles. The van der Waals surface area contributed by atoms with Crippen LogP contribution < -0.4 is 21.3 Å². The average molecular weight is 313 g/mol. The zero-order valence-corrected chi connectivity index (χ0v) is 12.5. The van der Waals surface area contributed by atoms with Crippen LogP contribution >= 0.6 is 12.2 Å². The van der Waals surface area contributed by atoms with Gasteiger partial charge in [-0.2, -0.15) is 0 Å². The smallest absolute Gasteiger partial charge is 0.262 e. The molecule has 6 heteroatoms. The predicted octanol–water partition coefficient (Wildman–Crippen LogP) is 2.36. The summed E-state index contributed by atoms with van der Waals surface area (Å²) in [4.78, 5) is 11.5. The maximum Gasteiger partial charge on any atom is 0.262 e. The number of hydrogen-bond donors (Lipinski definition) is 3. The third-order valence-electron chi connectivity index (χ3n) is 2.57. The predicted molar refractivity (Wildman–Crippen MR) is 90.1 cm³/mol. The molecule has 0 saturated heterocycles. The topological polar surface area (TPSA) is 76.4 Å². The maximum absolute atomic E-state index is 11.5. The fourth-order valence-electron chi connectivity index (χ4n) is 1.64. The molecule has 0 aliphatic rings. The summed E-state index contributed by atoms with van der Waals surface area (Å²) in [5, 5.41) is 0.00000784. The molecule has 0 unspecified atom stereocenters. The van der Waals surface area contributed by atoms with E-state index in [9.17, 15) is 4.79 Å². The van der Waals surface area contributed by atoms with Crippen molar-refractivity contribution in [3.8, 4) is 11.5 Å². The van der Waals surface area contributed by atoms with Crippen molar-refractivity contribution in [2.24, 2.45) is 5.73 Å². The van der Waals surface area contributed by atoms with E-state index in [2.05, 4.69) is 23.1 Å². The normalized spacial score (nSPS) is 10.2. The lowest BCUT2D eigenvalue weighted by molar-refractivity contribution is -0.116. The molecule has 0 aliphatic carbocycles. The van der Waals surface area contributed by atoms with E-state index in [-0.39, 0.29) is 11.0 Å². The lowest BCUT2D eigenvalue weighted by Crippen LogP contribution is -2.43. The number of nitrogens with one attached hydrogen (secondary N) is 2. The number of hydrazine groups is 1. The molecule has 0 aromatic heterocycles. The van der Waals surface area contributed by atoms with Gasteiger partial charge in [0.05, 0.1) is 0 Å². The van der Waals surface area contributed by atoms with E-state index >= 15 is 0 Å². The zero-order valence-electron chi connectivity index (χ0n) is 11.7. The first-order valence-electron chi connectivity index (χ1n) is 6.50. The molecule has 1 amide bonds. The maximum atomic E-state index is 11.5. The van der Waals surface area contributed by atoms with E-state index < -0.39 is 0 Å². The van der Waals surface area contributed by atoms with Gasteiger partial charge in [-0.05, 0) is 48.1 Å². The Morgan fingerprint density at radius 2 is 1.77 bits per heavy atom. The van der Waals surface area contributed by atoms with Gasteiger partial charge in [0.1, 0.15) is 11.5 Å². The second-order valence-electron chi connectivity index (χ2n) is 4.30. The first-order valence-corrected chi connectivity index (χ1v) is 6.91. The molecule has 0 fully saturated rings. The van der Waals surface area contributed by atoms with Crippen LogP contribution in [0.25, 0.3) is 6.08 Å². The summed E-state index contributed by atoms with van der Waals surface area (Å²) in [5.74, 6) is 1.08. The molecule has 22 heavy (non-hydrogen) atoms. The van der Waals surface area contributed by atoms with E-state index in [0.717, 1.165) is 11.3 Å². The van der Waals surface area contributed by atoms with Crippen LogP contribution in [0.4, 0.5) is 0 Å². The van der Waals surface area contributed by atoms with Gasteiger partial charge < -0.3 is 10.5 Å². The minimum absolute atomic E-state index is 0.00000784. The highest BCUT2D eigenvalue weighted by atomic mass is 32.1. The Morgan fingerprint density at radius 1 is 1.05 bits per heavy atom. The van der Waals surface area contributed by atoms with Crippen molar-refractivity contribution in [2.75, 3.05) is 0 Å². The molecular formula is C16H15N3O2S. The highest BCUT2D eigenvalue weighted by Gasteiger charge is 1.98. The lowest BCUT2D eigenvalue weighted by Gasteiger charge is -2.06. The van der Waals surface area contributed by atoms with Gasteiger partial charge in [0.15, 0.2) is 5.11 Å². The SMILES string of the molecule is NC(=S)NNC(=O)/C=C/c1cccc(Oc2ccccc2)c1. The Hall–Kier alpha value is -2.86.